The van der Waals surface area contributed by atoms with Crippen LogP contribution in [0.2, 0.25) is 0 Å². The van der Waals surface area contributed by atoms with E-state index in [0.29, 0.717) is 12.4 Å². The zero-order valence-electron chi connectivity index (χ0n) is 11.6. The third-order valence-corrected chi connectivity index (χ3v) is 3.62. The van der Waals surface area contributed by atoms with E-state index in [2.05, 4.69) is 5.32 Å². The summed E-state index contributed by atoms with van der Waals surface area (Å²) in [6.07, 6.45) is 3.66. The zero-order chi connectivity index (χ0) is 14.5. The van der Waals surface area contributed by atoms with Gasteiger partial charge in [0.15, 0.2) is 11.6 Å². The molecule has 3 atom stereocenters. The number of aliphatic hydroxyl groups is 1. The fourth-order valence-corrected chi connectivity index (χ4v) is 2.51. The molecular weight excluding hydrogens is 264 g/mol. The third-order valence-electron chi connectivity index (χ3n) is 3.62. The Balaban J connectivity index is 1.79. The molecule has 1 fully saturated rings. The van der Waals surface area contributed by atoms with Gasteiger partial charge in [-0.2, -0.15) is 0 Å². The van der Waals surface area contributed by atoms with E-state index in [1.807, 2.05) is 6.92 Å². The second-order valence-electron chi connectivity index (χ2n) is 5.41. The van der Waals surface area contributed by atoms with Gasteiger partial charge in [-0.1, -0.05) is 12.8 Å². The predicted octanol–water partition coefficient (Wildman–Crippen LogP) is 2.63. The van der Waals surface area contributed by atoms with Crippen LogP contribution in [-0.4, -0.2) is 29.9 Å². The Morgan fingerprint density at radius 3 is 2.75 bits per heavy atom. The van der Waals surface area contributed by atoms with Crippen molar-refractivity contribution >= 4 is 0 Å². The molecule has 1 aromatic rings. The van der Waals surface area contributed by atoms with Gasteiger partial charge < -0.3 is 15.2 Å². The summed E-state index contributed by atoms with van der Waals surface area (Å²) in [7, 11) is 0. The van der Waals surface area contributed by atoms with Crippen molar-refractivity contribution in [3.05, 3.63) is 29.8 Å². The van der Waals surface area contributed by atoms with Crippen LogP contribution in [0, 0.1) is 11.6 Å². The van der Waals surface area contributed by atoms with Crippen LogP contribution in [0.1, 0.15) is 32.6 Å². The first-order chi connectivity index (χ1) is 9.56. The summed E-state index contributed by atoms with van der Waals surface area (Å²) < 4.78 is 31.2. The van der Waals surface area contributed by atoms with E-state index in [0.717, 1.165) is 37.8 Å². The molecule has 0 heterocycles. The van der Waals surface area contributed by atoms with Crippen molar-refractivity contribution in [2.45, 2.75) is 50.8 Å². The van der Waals surface area contributed by atoms with Crippen molar-refractivity contribution in [2.75, 3.05) is 6.61 Å². The number of hydrogen-bond acceptors (Lipinski definition) is 3. The topological polar surface area (TPSA) is 41.5 Å². The summed E-state index contributed by atoms with van der Waals surface area (Å²) >= 11 is 0. The molecule has 1 saturated carbocycles. The van der Waals surface area contributed by atoms with Crippen molar-refractivity contribution in [1.82, 2.24) is 5.32 Å². The lowest BCUT2D eigenvalue weighted by Gasteiger charge is -2.31. The highest BCUT2D eigenvalue weighted by atomic mass is 19.2. The molecule has 20 heavy (non-hydrogen) atoms. The average molecular weight is 285 g/mol. The van der Waals surface area contributed by atoms with Crippen LogP contribution in [0.3, 0.4) is 0 Å². The first-order valence-electron chi connectivity index (χ1n) is 7.08. The number of nitrogens with one attached hydrogen (secondary N) is 1. The minimum atomic E-state index is -0.911. The minimum absolute atomic E-state index is 0.0286. The number of halogens is 2. The van der Waals surface area contributed by atoms with Crippen LogP contribution in [0.25, 0.3) is 0 Å². The first-order valence-corrected chi connectivity index (χ1v) is 7.08. The summed E-state index contributed by atoms with van der Waals surface area (Å²) in [6, 6.07) is 3.61. The Hall–Kier alpha value is -1.20. The van der Waals surface area contributed by atoms with E-state index in [4.69, 9.17) is 4.74 Å². The van der Waals surface area contributed by atoms with Gasteiger partial charge in [0.05, 0.1) is 6.10 Å². The minimum Gasteiger partial charge on any atom is -0.492 e. The molecule has 2 rings (SSSR count). The van der Waals surface area contributed by atoms with E-state index in [-0.39, 0.29) is 18.2 Å². The number of rotatable bonds is 5. The van der Waals surface area contributed by atoms with Crippen molar-refractivity contribution < 1.29 is 18.6 Å². The summed E-state index contributed by atoms with van der Waals surface area (Å²) in [5, 5.41) is 13.2. The molecular formula is C15H21F2NO2. The van der Waals surface area contributed by atoms with Crippen molar-refractivity contribution in [1.29, 1.82) is 0 Å². The highest BCUT2D eigenvalue weighted by molar-refractivity contribution is 5.23. The quantitative estimate of drug-likeness (QED) is 0.874. The fraction of sp³-hybridized carbons (Fsp3) is 0.600. The molecule has 5 heteroatoms. The van der Waals surface area contributed by atoms with Gasteiger partial charge in [-0.25, -0.2) is 8.78 Å². The standard InChI is InChI=1S/C15H21F2NO2/c1-10(18-14-4-2-3-5-15(14)19)9-20-11-6-7-12(16)13(17)8-11/h6-8,10,14-15,18-19H,2-5,9H2,1H3. The molecule has 0 amide bonds. The SMILES string of the molecule is CC(COc1ccc(F)c(F)c1)NC1CCCCC1O. The van der Waals surface area contributed by atoms with Crippen LogP contribution >= 0.6 is 0 Å². The zero-order valence-corrected chi connectivity index (χ0v) is 11.6. The number of hydrogen-bond donors (Lipinski definition) is 2. The molecule has 0 radical (unpaired) electrons. The molecule has 1 aliphatic rings. The molecule has 1 aromatic carbocycles. The van der Waals surface area contributed by atoms with E-state index in [1.165, 1.54) is 6.07 Å². The van der Waals surface area contributed by atoms with Gasteiger partial charge in [-0.3, -0.25) is 0 Å². The Morgan fingerprint density at radius 2 is 2.05 bits per heavy atom. The maximum atomic E-state index is 13.0. The monoisotopic (exact) mass is 285 g/mol. The molecule has 0 saturated heterocycles. The average Bonchev–Trinajstić information content (AvgIpc) is 2.43. The van der Waals surface area contributed by atoms with Gasteiger partial charge in [0.25, 0.3) is 0 Å². The molecule has 0 bridgehead atoms. The Bertz CT molecular complexity index is 442. The smallest absolute Gasteiger partial charge is 0.162 e. The Labute approximate surface area is 117 Å². The highest BCUT2D eigenvalue weighted by Gasteiger charge is 2.24. The summed E-state index contributed by atoms with van der Waals surface area (Å²) in [6.45, 7) is 2.29. The van der Waals surface area contributed by atoms with Crippen molar-refractivity contribution in [2.24, 2.45) is 0 Å². The van der Waals surface area contributed by atoms with Crippen LogP contribution in [0.4, 0.5) is 8.78 Å². The normalized spacial score (nSPS) is 24.4. The molecule has 0 spiro atoms. The number of benzene rings is 1. The van der Waals surface area contributed by atoms with Gasteiger partial charge in [-0.05, 0) is 31.9 Å². The molecule has 112 valence electrons. The predicted molar refractivity (Wildman–Crippen MR) is 72.7 cm³/mol. The summed E-state index contributed by atoms with van der Waals surface area (Å²) in [5.74, 6) is -1.48. The Morgan fingerprint density at radius 1 is 1.30 bits per heavy atom. The second-order valence-corrected chi connectivity index (χ2v) is 5.41. The maximum Gasteiger partial charge on any atom is 0.162 e. The van der Waals surface area contributed by atoms with Crippen molar-refractivity contribution in [3.63, 3.8) is 0 Å². The first kappa shape index (κ1) is 15.2. The summed E-state index contributed by atoms with van der Waals surface area (Å²) in [4.78, 5) is 0. The van der Waals surface area contributed by atoms with Crippen LogP contribution in [0.5, 0.6) is 5.75 Å². The van der Waals surface area contributed by atoms with Gasteiger partial charge in [0, 0.05) is 18.2 Å². The van der Waals surface area contributed by atoms with Crippen LogP contribution < -0.4 is 10.1 Å². The maximum absolute atomic E-state index is 13.0. The lowest BCUT2D eigenvalue weighted by Crippen LogP contribution is -2.47. The lowest BCUT2D eigenvalue weighted by molar-refractivity contribution is 0.0815. The fourth-order valence-electron chi connectivity index (χ4n) is 2.51. The molecule has 1 aliphatic carbocycles. The highest BCUT2D eigenvalue weighted by Crippen LogP contribution is 2.19. The van der Waals surface area contributed by atoms with E-state index < -0.39 is 11.6 Å². The van der Waals surface area contributed by atoms with Crippen molar-refractivity contribution in [3.8, 4) is 5.75 Å². The lowest BCUT2D eigenvalue weighted by atomic mass is 9.92. The largest absolute Gasteiger partial charge is 0.492 e. The van der Waals surface area contributed by atoms with Gasteiger partial charge in [0.1, 0.15) is 12.4 Å². The third kappa shape index (κ3) is 4.15. The number of aliphatic hydroxyl groups excluding tert-OH is 1. The molecule has 0 aromatic heterocycles. The number of ether oxygens (including phenoxy) is 1. The molecule has 3 nitrogen and oxygen atoms in total. The van der Waals surface area contributed by atoms with Crippen LogP contribution in [0.15, 0.2) is 18.2 Å². The van der Waals surface area contributed by atoms with E-state index >= 15 is 0 Å². The van der Waals surface area contributed by atoms with Gasteiger partial charge >= 0.3 is 0 Å². The Kier molecular flexibility index (Phi) is 5.31. The molecule has 3 unspecified atom stereocenters. The van der Waals surface area contributed by atoms with Crippen LogP contribution in [-0.2, 0) is 0 Å². The van der Waals surface area contributed by atoms with Gasteiger partial charge in [-0.15, -0.1) is 0 Å². The summed E-state index contributed by atoms with van der Waals surface area (Å²) in [5.41, 5.74) is 0. The molecule has 2 N–H and O–H groups in total. The molecule has 0 aliphatic heterocycles. The second kappa shape index (κ2) is 6.99. The van der Waals surface area contributed by atoms with Gasteiger partial charge in [0.2, 0.25) is 0 Å². The van der Waals surface area contributed by atoms with E-state index in [9.17, 15) is 13.9 Å². The van der Waals surface area contributed by atoms with E-state index in [1.54, 1.807) is 0 Å².